The van der Waals surface area contributed by atoms with Gasteiger partial charge in [0.2, 0.25) is 5.91 Å². The molecule has 2 aromatic carbocycles. The minimum atomic E-state index is -0.525. The third-order valence-corrected chi connectivity index (χ3v) is 6.08. The van der Waals surface area contributed by atoms with Gasteiger partial charge in [0.25, 0.3) is 0 Å². The SMILES string of the molecule is COc1ccc(/C=C/C(=O)c2ccc(OC)c3c2OC(C)(C)C=C3)cc1NCCCCCCC(=O)NO. The van der Waals surface area contributed by atoms with E-state index in [1.807, 2.05) is 44.2 Å². The largest absolute Gasteiger partial charge is 0.496 e. The highest BCUT2D eigenvalue weighted by molar-refractivity contribution is 6.09. The highest BCUT2D eigenvalue weighted by atomic mass is 16.5. The quantitative estimate of drug-likeness (QED) is 0.106. The molecule has 8 heteroatoms. The van der Waals surface area contributed by atoms with Gasteiger partial charge in [0, 0.05) is 13.0 Å². The molecule has 0 saturated carbocycles. The molecular formula is C29H36N2O6. The van der Waals surface area contributed by atoms with Gasteiger partial charge in [-0.05, 0) is 74.7 Å². The zero-order chi connectivity index (χ0) is 26.8. The number of unbranched alkanes of at least 4 members (excludes halogenated alkanes) is 3. The van der Waals surface area contributed by atoms with Crippen LogP contribution in [0.5, 0.6) is 17.2 Å². The third-order valence-electron chi connectivity index (χ3n) is 6.08. The number of nitrogens with one attached hydrogen (secondary N) is 2. The number of ether oxygens (including phenoxy) is 3. The number of ketones is 1. The summed E-state index contributed by atoms with van der Waals surface area (Å²) in [6.45, 7) is 4.63. The summed E-state index contributed by atoms with van der Waals surface area (Å²) in [6, 6.07) is 9.22. The molecule has 0 aliphatic carbocycles. The lowest BCUT2D eigenvalue weighted by atomic mass is 9.97. The molecule has 2 aromatic rings. The van der Waals surface area contributed by atoms with Crippen LogP contribution in [0.3, 0.4) is 0 Å². The number of rotatable bonds is 13. The standard InChI is InChI=1S/C29H36N2O6/c1-29(2)17-16-22-25(35-3)15-12-21(28(22)37-29)24(32)13-10-20-11-14-26(36-4)23(19-20)30-18-8-6-5-7-9-27(33)31-34/h10-17,19,30,34H,5-9,18H2,1-4H3,(H,31,33)/b13-10+. The first kappa shape index (κ1) is 27.8. The molecule has 0 spiro atoms. The predicted octanol–water partition coefficient (Wildman–Crippen LogP) is 5.65. The number of fused-ring (bicyclic) bond motifs is 1. The number of anilines is 1. The molecule has 1 heterocycles. The van der Waals surface area contributed by atoms with Crippen LogP contribution in [0, 0.1) is 0 Å². The molecule has 0 fully saturated rings. The number of allylic oxidation sites excluding steroid dienone is 1. The van der Waals surface area contributed by atoms with Crippen molar-refractivity contribution < 1.29 is 29.0 Å². The van der Waals surface area contributed by atoms with Gasteiger partial charge in [0.1, 0.15) is 22.8 Å². The zero-order valence-corrected chi connectivity index (χ0v) is 21.9. The fraction of sp³-hybridized carbons (Fsp3) is 0.379. The summed E-state index contributed by atoms with van der Waals surface area (Å²) in [5, 5.41) is 11.9. The summed E-state index contributed by atoms with van der Waals surface area (Å²) in [5.74, 6) is 1.38. The molecular weight excluding hydrogens is 472 g/mol. The van der Waals surface area contributed by atoms with Crippen LogP contribution in [0.15, 0.2) is 42.5 Å². The van der Waals surface area contributed by atoms with Crippen LogP contribution in [0.1, 0.15) is 67.4 Å². The van der Waals surface area contributed by atoms with Gasteiger partial charge in [0.15, 0.2) is 5.78 Å². The molecule has 0 bridgehead atoms. The van der Waals surface area contributed by atoms with Gasteiger partial charge in [-0.1, -0.05) is 25.0 Å². The lowest BCUT2D eigenvalue weighted by Crippen LogP contribution is -2.28. The lowest BCUT2D eigenvalue weighted by Gasteiger charge is -2.29. The van der Waals surface area contributed by atoms with Gasteiger partial charge in [0.05, 0.1) is 31.0 Å². The number of amides is 1. The van der Waals surface area contributed by atoms with E-state index in [4.69, 9.17) is 19.4 Å². The van der Waals surface area contributed by atoms with Gasteiger partial charge < -0.3 is 19.5 Å². The Morgan fingerprint density at radius 3 is 2.49 bits per heavy atom. The van der Waals surface area contributed by atoms with E-state index in [9.17, 15) is 9.59 Å². The maximum absolute atomic E-state index is 13.2. The first-order chi connectivity index (χ1) is 17.8. The van der Waals surface area contributed by atoms with Crippen LogP contribution in [-0.4, -0.2) is 43.3 Å². The van der Waals surface area contributed by atoms with Crippen LogP contribution in [-0.2, 0) is 4.79 Å². The van der Waals surface area contributed by atoms with E-state index in [2.05, 4.69) is 5.32 Å². The Hall–Kier alpha value is -3.78. The van der Waals surface area contributed by atoms with Crippen molar-refractivity contribution in [2.75, 3.05) is 26.1 Å². The third kappa shape index (κ3) is 7.60. The van der Waals surface area contributed by atoms with Crippen LogP contribution >= 0.6 is 0 Å². The molecule has 8 nitrogen and oxygen atoms in total. The second kappa shape index (κ2) is 13.0. The number of benzene rings is 2. The van der Waals surface area contributed by atoms with Gasteiger partial charge in [-0.25, -0.2) is 5.48 Å². The molecule has 0 aromatic heterocycles. The highest BCUT2D eigenvalue weighted by Crippen LogP contribution is 2.40. The number of hydrogen-bond acceptors (Lipinski definition) is 7. The van der Waals surface area contributed by atoms with Crippen molar-refractivity contribution in [3.8, 4) is 17.2 Å². The van der Waals surface area contributed by atoms with E-state index in [0.717, 1.165) is 54.8 Å². The van der Waals surface area contributed by atoms with Crippen molar-refractivity contribution in [2.24, 2.45) is 0 Å². The van der Waals surface area contributed by atoms with Crippen molar-refractivity contribution in [3.63, 3.8) is 0 Å². The van der Waals surface area contributed by atoms with E-state index in [0.29, 0.717) is 23.5 Å². The summed E-state index contributed by atoms with van der Waals surface area (Å²) in [5.41, 5.74) is 4.06. The molecule has 0 unspecified atom stereocenters. The minimum Gasteiger partial charge on any atom is -0.496 e. The van der Waals surface area contributed by atoms with E-state index >= 15 is 0 Å². The monoisotopic (exact) mass is 508 g/mol. The van der Waals surface area contributed by atoms with Gasteiger partial charge in [-0.2, -0.15) is 0 Å². The second-order valence-electron chi connectivity index (χ2n) is 9.38. The number of carbonyl (C=O) groups is 2. The second-order valence-corrected chi connectivity index (χ2v) is 9.38. The normalized spacial score (nSPS) is 13.5. The molecule has 0 saturated heterocycles. The highest BCUT2D eigenvalue weighted by Gasteiger charge is 2.27. The fourth-order valence-electron chi connectivity index (χ4n) is 4.07. The van der Waals surface area contributed by atoms with Crippen LogP contribution in [0.2, 0.25) is 0 Å². The van der Waals surface area contributed by atoms with Gasteiger partial charge >= 0.3 is 0 Å². The molecule has 1 aliphatic rings. The Labute approximate surface area is 218 Å². The van der Waals surface area contributed by atoms with Crippen LogP contribution < -0.4 is 25.0 Å². The smallest absolute Gasteiger partial charge is 0.243 e. The first-order valence-corrected chi connectivity index (χ1v) is 12.4. The molecule has 3 rings (SSSR count). The van der Waals surface area contributed by atoms with Crippen molar-refractivity contribution in [3.05, 3.63) is 59.2 Å². The van der Waals surface area contributed by atoms with Crippen molar-refractivity contribution in [2.45, 2.75) is 51.6 Å². The number of methoxy groups -OCH3 is 2. The number of carbonyl (C=O) groups excluding carboxylic acids is 2. The topological polar surface area (TPSA) is 106 Å². The first-order valence-electron chi connectivity index (χ1n) is 12.4. The summed E-state index contributed by atoms with van der Waals surface area (Å²) in [4.78, 5) is 24.2. The maximum atomic E-state index is 13.2. The Morgan fingerprint density at radius 2 is 1.76 bits per heavy atom. The van der Waals surface area contributed by atoms with E-state index in [-0.39, 0.29) is 11.7 Å². The fourth-order valence-corrected chi connectivity index (χ4v) is 4.07. The summed E-state index contributed by atoms with van der Waals surface area (Å²) in [6.07, 6.45) is 11.1. The molecule has 37 heavy (non-hydrogen) atoms. The molecule has 198 valence electrons. The minimum absolute atomic E-state index is 0.162. The van der Waals surface area contributed by atoms with Crippen LogP contribution in [0.25, 0.3) is 12.2 Å². The van der Waals surface area contributed by atoms with E-state index < -0.39 is 5.60 Å². The Bertz CT molecular complexity index is 1170. The van der Waals surface area contributed by atoms with Crippen LogP contribution in [0.4, 0.5) is 5.69 Å². The molecule has 1 amide bonds. The van der Waals surface area contributed by atoms with Gasteiger partial charge in [-0.3, -0.25) is 14.8 Å². The number of hydroxylamine groups is 1. The summed E-state index contributed by atoms with van der Waals surface area (Å²) < 4.78 is 17.1. The Balaban J connectivity index is 1.66. The van der Waals surface area contributed by atoms with Crippen molar-refractivity contribution in [1.29, 1.82) is 0 Å². The number of hydrogen-bond donors (Lipinski definition) is 3. The Kier molecular flexibility index (Phi) is 9.74. The Morgan fingerprint density at radius 1 is 1.03 bits per heavy atom. The maximum Gasteiger partial charge on any atom is 0.243 e. The summed E-state index contributed by atoms with van der Waals surface area (Å²) in [7, 11) is 3.22. The summed E-state index contributed by atoms with van der Waals surface area (Å²) >= 11 is 0. The molecule has 3 N–H and O–H groups in total. The molecule has 1 aliphatic heterocycles. The zero-order valence-electron chi connectivity index (χ0n) is 21.9. The molecule has 0 radical (unpaired) electrons. The lowest BCUT2D eigenvalue weighted by molar-refractivity contribution is -0.129. The van der Waals surface area contributed by atoms with E-state index in [1.54, 1.807) is 44.0 Å². The van der Waals surface area contributed by atoms with E-state index in [1.165, 1.54) is 0 Å². The predicted molar refractivity (Wildman–Crippen MR) is 145 cm³/mol. The average molecular weight is 509 g/mol. The van der Waals surface area contributed by atoms with Crippen molar-refractivity contribution >= 4 is 29.5 Å². The molecule has 0 atom stereocenters. The van der Waals surface area contributed by atoms with Gasteiger partial charge in [-0.15, -0.1) is 0 Å². The average Bonchev–Trinajstić information content (AvgIpc) is 2.89. The van der Waals surface area contributed by atoms with Crippen molar-refractivity contribution in [1.82, 2.24) is 5.48 Å².